The van der Waals surface area contributed by atoms with Gasteiger partial charge in [-0.1, -0.05) is 54.1 Å². The van der Waals surface area contributed by atoms with Gasteiger partial charge in [0.05, 0.1) is 23.6 Å². The molecule has 0 atom stereocenters. The van der Waals surface area contributed by atoms with E-state index in [-0.39, 0.29) is 0 Å². The first kappa shape index (κ1) is 19.6. The first-order valence-electron chi connectivity index (χ1n) is 9.45. The molecule has 2 N–H and O–H groups in total. The molecule has 5 aromatic rings. The Balaban J connectivity index is 1.65. The van der Waals surface area contributed by atoms with Crippen LogP contribution in [-0.4, -0.2) is 31.9 Å². The van der Waals surface area contributed by atoms with Gasteiger partial charge in [-0.2, -0.15) is 9.61 Å². The molecule has 0 unspecified atom stereocenters. The van der Waals surface area contributed by atoms with Gasteiger partial charge in [-0.05, 0) is 17.7 Å². The number of fused-ring (bicyclic) bond motifs is 1. The van der Waals surface area contributed by atoms with Crippen LogP contribution in [0, 0.1) is 0 Å². The number of nitrogens with two attached hydrogens (primary N) is 1. The molecule has 2 aromatic carbocycles. The molecule has 0 bridgehead atoms. The van der Waals surface area contributed by atoms with E-state index in [1.54, 1.807) is 11.6 Å². The van der Waals surface area contributed by atoms with Crippen molar-refractivity contribution in [2.24, 2.45) is 0 Å². The average Bonchev–Trinajstić information content (AvgIpc) is 3.41. The molecule has 0 amide bonds. The highest BCUT2D eigenvalue weighted by Gasteiger charge is 2.21. The molecule has 0 radical (unpaired) electrons. The molecule has 0 aliphatic carbocycles. The van der Waals surface area contributed by atoms with E-state index in [9.17, 15) is 0 Å². The number of methoxy groups -OCH3 is 1. The van der Waals surface area contributed by atoms with E-state index in [2.05, 4.69) is 15.3 Å². The lowest BCUT2D eigenvalue weighted by Crippen LogP contribution is -2.05. The summed E-state index contributed by atoms with van der Waals surface area (Å²) in [6, 6.07) is 17.5. The molecule has 0 aliphatic heterocycles. The fourth-order valence-corrected chi connectivity index (χ4v) is 4.43. The molecule has 7 nitrogen and oxygen atoms in total. The SMILES string of the molecule is COCc1nn2c(N)c(-c3nc(-c4ccccc4)cs3)nnc2c1-c1cccc(Cl)c1. The van der Waals surface area contributed by atoms with Crippen LogP contribution in [0.1, 0.15) is 5.69 Å². The van der Waals surface area contributed by atoms with E-state index >= 15 is 0 Å². The first-order valence-corrected chi connectivity index (χ1v) is 10.7. The van der Waals surface area contributed by atoms with Crippen molar-refractivity contribution in [3.63, 3.8) is 0 Å². The number of hydrogen-bond donors (Lipinski definition) is 1. The lowest BCUT2D eigenvalue weighted by Gasteiger charge is -2.04. The number of benzene rings is 2. The summed E-state index contributed by atoms with van der Waals surface area (Å²) in [4.78, 5) is 4.71. The highest BCUT2D eigenvalue weighted by molar-refractivity contribution is 7.13. The van der Waals surface area contributed by atoms with Crippen LogP contribution in [0.2, 0.25) is 5.02 Å². The maximum absolute atomic E-state index is 6.48. The molecule has 0 fully saturated rings. The third-order valence-electron chi connectivity index (χ3n) is 4.82. The van der Waals surface area contributed by atoms with Crippen molar-refractivity contribution in [1.29, 1.82) is 0 Å². The van der Waals surface area contributed by atoms with Gasteiger partial charge in [-0.15, -0.1) is 21.5 Å². The van der Waals surface area contributed by atoms with Crippen LogP contribution >= 0.6 is 22.9 Å². The van der Waals surface area contributed by atoms with Crippen LogP contribution in [0.5, 0.6) is 0 Å². The molecule has 9 heteroatoms. The Hall–Kier alpha value is -3.33. The van der Waals surface area contributed by atoms with Crippen LogP contribution in [-0.2, 0) is 11.3 Å². The summed E-state index contributed by atoms with van der Waals surface area (Å²) in [5, 5.41) is 16.8. The van der Waals surface area contributed by atoms with Crippen LogP contribution in [0.25, 0.3) is 38.7 Å². The fraction of sp³-hybridized carbons (Fsp3) is 0.0909. The maximum Gasteiger partial charge on any atom is 0.187 e. The Morgan fingerprint density at radius 3 is 2.65 bits per heavy atom. The summed E-state index contributed by atoms with van der Waals surface area (Å²) in [5.41, 5.74) is 11.8. The molecular formula is C22H17ClN6OS. The lowest BCUT2D eigenvalue weighted by molar-refractivity contribution is 0.181. The number of anilines is 1. The van der Waals surface area contributed by atoms with E-state index in [1.807, 2.05) is 60.0 Å². The Bertz CT molecular complexity index is 1380. The number of thiazole rings is 1. The van der Waals surface area contributed by atoms with E-state index in [0.717, 1.165) is 22.4 Å². The first-order chi connectivity index (χ1) is 15.2. The normalized spacial score (nSPS) is 11.3. The second kappa shape index (κ2) is 8.07. The average molecular weight is 449 g/mol. The Labute approximate surface area is 187 Å². The number of rotatable bonds is 5. The smallest absolute Gasteiger partial charge is 0.187 e. The number of aromatic nitrogens is 5. The fourth-order valence-electron chi connectivity index (χ4n) is 3.42. The molecule has 0 spiro atoms. The van der Waals surface area contributed by atoms with Gasteiger partial charge in [0, 0.05) is 23.1 Å². The highest BCUT2D eigenvalue weighted by Crippen LogP contribution is 2.34. The molecule has 0 saturated heterocycles. The van der Waals surface area contributed by atoms with Gasteiger partial charge < -0.3 is 10.5 Å². The number of hydrogen-bond acceptors (Lipinski definition) is 7. The van der Waals surface area contributed by atoms with Crippen molar-refractivity contribution in [2.75, 3.05) is 12.8 Å². The standard InChI is InChI=1S/C22H17ClN6OS/c1-30-11-16-18(14-8-5-9-15(23)10-14)21-27-26-19(20(24)29(21)28-16)22-25-17(12-31-22)13-6-3-2-4-7-13/h2-10,12H,11,24H2,1H3. The van der Waals surface area contributed by atoms with Gasteiger partial charge in [0.15, 0.2) is 17.2 Å². The minimum absolute atomic E-state index is 0.301. The Morgan fingerprint density at radius 2 is 1.87 bits per heavy atom. The summed E-state index contributed by atoms with van der Waals surface area (Å²) in [7, 11) is 1.62. The van der Waals surface area contributed by atoms with Crippen LogP contribution < -0.4 is 5.73 Å². The molecule has 154 valence electrons. The summed E-state index contributed by atoms with van der Waals surface area (Å²) < 4.78 is 6.94. The minimum atomic E-state index is 0.301. The topological polar surface area (TPSA) is 91.2 Å². The predicted octanol–water partition coefficient (Wildman–Crippen LogP) is 4.96. The van der Waals surface area contributed by atoms with Crippen molar-refractivity contribution in [3.05, 3.63) is 70.7 Å². The third-order valence-corrected chi connectivity index (χ3v) is 5.90. The van der Waals surface area contributed by atoms with Crippen LogP contribution in [0.15, 0.2) is 60.0 Å². The van der Waals surface area contributed by atoms with Crippen molar-refractivity contribution in [2.45, 2.75) is 6.61 Å². The van der Waals surface area contributed by atoms with Crippen molar-refractivity contribution in [1.82, 2.24) is 24.8 Å². The third kappa shape index (κ3) is 3.54. The lowest BCUT2D eigenvalue weighted by atomic mass is 10.1. The van der Waals surface area contributed by atoms with Crippen molar-refractivity contribution < 1.29 is 4.74 Å². The Kier molecular flexibility index (Phi) is 5.11. The summed E-state index contributed by atoms with van der Waals surface area (Å²) in [6.07, 6.45) is 0. The van der Waals surface area contributed by atoms with E-state index < -0.39 is 0 Å². The maximum atomic E-state index is 6.48. The second-order valence-electron chi connectivity index (χ2n) is 6.84. The molecule has 0 aliphatic rings. The van der Waals surface area contributed by atoms with Crippen molar-refractivity contribution in [3.8, 4) is 33.1 Å². The number of nitrogens with zero attached hydrogens (tertiary/aromatic N) is 5. The summed E-state index contributed by atoms with van der Waals surface area (Å²) in [5.74, 6) is 0.365. The zero-order valence-corrected chi connectivity index (χ0v) is 18.1. The van der Waals surface area contributed by atoms with E-state index in [4.69, 9.17) is 27.1 Å². The van der Waals surface area contributed by atoms with Gasteiger partial charge in [0.1, 0.15) is 5.01 Å². The summed E-state index contributed by atoms with van der Waals surface area (Å²) >= 11 is 7.67. The van der Waals surface area contributed by atoms with Gasteiger partial charge in [-0.3, -0.25) is 0 Å². The predicted molar refractivity (Wildman–Crippen MR) is 123 cm³/mol. The zero-order chi connectivity index (χ0) is 21.4. The number of ether oxygens (including phenoxy) is 1. The van der Waals surface area contributed by atoms with Crippen LogP contribution in [0.3, 0.4) is 0 Å². The molecule has 5 rings (SSSR count). The van der Waals surface area contributed by atoms with Gasteiger partial charge in [0.25, 0.3) is 0 Å². The summed E-state index contributed by atoms with van der Waals surface area (Å²) in [6.45, 7) is 0.301. The molecule has 0 saturated carbocycles. The Morgan fingerprint density at radius 1 is 1.06 bits per heavy atom. The van der Waals surface area contributed by atoms with Gasteiger partial charge in [0.2, 0.25) is 0 Å². The van der Waals surface area contributed by atoms with Gasteiger partial charge >= 0.3 is 0 Å². The van der Waals surface area contributed by atoms with E-state index in [0.29, 0.717) is 39.5 Å². The zero-order valence-electron chi connectivity index (χ0n) is 16.5. The highest BCUT2D eigenvalue weighted by atomic mass is 35.5. The minimum Gasteiger partial charge on any atom is -0.382 e. The van der Waals surface area contributed by atoms with Gasteiger partial charge in [-0.25, -0.2) is 4.98 Å². The number of nitrogen functional groups attached to an aromatic ring is 1. The quantitative estimate of drug-likeness (QED) is 0.408. The van der Waals surface area contributed by atoms with E-state index in [1.165, 1.54) is 11.3 Å². The largest absolute Gasteiger partial charge is 0.382 e. The number of halogens is 1. The monoisotopic (exact) mass is 448 g/mol. The molecule has 31 heavy (non-hydrogen) atoms. The van der Waals surface area contributed by atoms with Crippen molar-refractivity contribution >= 4 is 34.4 Å². The van der Waals surface area contributed by atoms with Crippen LogP contribution in [0.4, 0.5) is 5.82 Å². The molecule has 3 aromatic heterocycles. The molecular weight excluding hydrogens is 432 g/mol. The second-order valence-corrected chi connectivity index (χ2v) is 8.13. The molecule has 3 heterocycles.